The maximum absolute atomic E-state index is 13.7. The van der Waals surface area contributed by atoms with Crippen LogP contribution < -0.4 is 5.32 Å². The van der Waals surface area contributed by atoms with Gasteiger partial charge in [0, 0.05) is 5.41 Å². The molecular formula is C32H51NO5. The summed E-state index contributed by atoms with van der Waals surface area (Å²) in [6.07, 6.45) is 11.4. The molecule has 0 heterocycles. The molecule has 38 heavy (non-hydrogen) atoms. The minimum absolute atomic E-state index is 0.0236. The van der Waals surface area contributed by atoms with Gasteiger partial charge in [-0.15, -0.1) is 0 Å². The van der Waals surface area contributed by atoms with Gasteiger partial charge in [-0.05, 0) is 104 Å². The molecule has 0 saturated heterocycles. The highest BCUT2D eigenvalue weighted by Crippen LogP contribution is 2.75. The van der Waals surface area contributed by atoms with Crippen molar-refractivity contribution in [2.75, 3.05) is 13.2 Å². The highest BCUT2D eigenvalue weighted by atomic mass is 16.4. The number of carboxylic acid groups (broad SMARTS) is 1. The highest BCUT2D eigenvalue weighted by molar-refractivity contribution is 5.87. The summed E-state index contributed by atoms with van der Waals surface area (Å²) in [5, 5.41) is 33.5. The van der Waals surface area contributed by atoms with Crippen LogP contribution in [0, 0.1) is 50.2 Å². The fraction of sp³-hybridized carbons (Fsp3) is 0.875. The Morgan fingerprint density at radius 3 is 2.29 bits per heavy atom. The molecule has 0 aromatic carbocycles. The third-order valence-electron chi connectivity index (χ3n) is 13.6. The van der Waals surface area contributed by atoms with Crippen molar-refractivity contribution in [2.24, 2.45) is 50.2 Å². The zero-order valence-corrected chi connectivity index (χ0v) is 24.5. The van der Waals surface area contributed by atoms with Crippen molar-refractivity contribution in [3.63, 3.8) is 0 Å². The van der Waals surface area contributed by atoms with Crippen molar-refractivity contribution in [3.8, 4) is 0 Å². The maximum Gasteiger partial charge on any atom is 0.322 e. The monoisotopic (exact) mass is 529 g/mol. The van der Waals surface area contributed by atoms with Crippen LogP contribution in [0.15, 0.2) is 11.6 Å². The number of aliphatic carboxylic acids is 1. The van der Waals surface area contributed by atoms with Crippen LogP contribution in [0.2, 0.25) is 0 Å². The van der Waals surface area contributed by atoms with E-state index in [0.29, 0.717) is 11.8 Å². The van der Waals surface area contributed by atoms with E-state index in [2.05, 4.69) is 52.9 Å². The summed E-state index contributed by atoms with van der Waals surface area (Å²) in [7, 11) is 0. The lowest BCUT2D eigenvalue weighted by atomic mass is 9.33. The quantitative estimate of drug-likeness (QED) is 0.369. The number of allylic oxidation sites excluding steroid dienone is 2. The SMILES string of the molecule is CC1(C)CC[C@]2(C(=O)NCC(=O)O)CC[C@]3(C)C(=CC[C@@H]4[C@@]5(C)CC[C@H](O)[C@@](C)(CO)C5CC[C@]43C)[C@H]2C1. The van der Waals surface area contributed by atoms with Crippen molar-refractivity contribution in [1.29, 1.82) is 0 Å². The first-order chi connectivity index (χ1) is 17.6. The molecular weight excluding hydrogens is 478 g/mol. The first-order valence-electron chi connectivity index (χ1n) is 15.1. The number of fused-ring (bicyclic) bond motifs is 7. The van der Waals surface area contributed by atoms with E-state index in [9.17, 15) is 24.9 Å². The molecule has 5 aliphatic rings. The van der Waals surface area contributed by atoms with Crippen LogP contribution in [-0.4, -0.2) is 46.5 Å². The fourth-order valence-corrected chi connectivity index (χ4v) is 11.0. The molecule has 0 aromatic rings. The van der Waals surface area contributed by atoms with E-state index in [1.54, 1.807) is 0 Å². The summed E-state index contributed by atoms with van der Waals surface area (Å²) < 4.78 is 0. The lowest BCUT2D eigenvalue weighted by Crippen LogP contribution is -2.66. The fourth-order valence-electron chi connectivity index (χ4n) is 11.0. The van der Waals surface area contributed by atoms with E-state index in [4.69, 9.17) is 0 Å². The smallest absolute Gasteiger partial charge is 0.322 e. The predicted molar refractivity (Wildman–Crippen MR) is 147 cm³/mol. The first kappa shape index (κ1) is 28.1. The second kappa shape index (κ2) is 8.80. The van der Waals surface area contributed by atoms with Gasteiger partial charge in [-0.2, -0.15) is 0 Å². The van der Waals surface area contributed by atoms with Crippen LogP contribution in [0.1, 0.15) is 106 Å². The Bertz CT molecular complexity index is 1040. The number of hydrogen-bond donors (Lipinski definition) is 4. The molecule has 0 radical (unpaired) electrons. The Kier molecular flexibility index (Phi) is 6.52. The summed E-state index contributed by atoms with van der Waals surface area (Å²) >= 11 is 0. The van der Waals surface area contributed by atoms with Gasteiger partial charge in [0.15, 0.2) is 0 Å². The van der Waals surface area contributed by atoms with Gasteiger partial charge in [0.25, 0.3) is 0 Å². The predicted octanol–water partition coefficient (Wildman–Crippen LogP) is 5.32. The Labute approximate surface area is 229 Å². The highest BCUT2D eigenvalue weighted by Gasteiger charge is 2.69. The number of carbonyl (C=O) groups is 2. The second-order valence-electron chi connectivity index (χ2n) is 15.7. The molecule has 5 rings (SSSR count). The van der Waals surface area contributed by atoms with E-state index in [0.717, 1.165) is 64.2 Å². The molecule has 0 aliphatic heterocycles. The summed E-state index contributed by atoms with van der Waals surface area (Å²) in [4.78, 5) is 25.0. The minimum Gasteiger partial charge on any atom is -0.480 e. The van der Waals surface area contributed by atoms with Gasteiger partial charge >= 0.3 is 5.97 Å². The molecule has 5 aliphatic carbocycles. The van der Waals surface area contributed by atoms with E-state index in [1.165, 1.54) is 5.57 Å². The van der Waals surface area contributed by atoms with Crippen LogP contribution in [0.3, 0.4) is 0 Å². The van der Waals surface area contributed by atoms with E-state index >= 15 is 0 Å². The molecule has 9 atom stereocenters. The molecule has 4 N–H and O–H groups in total. The number of carbonyl (C=O) groups excluding carboxylic acids is 1. The van der Waals surface area contributed by atoms with Crippen molar-refractivity contribution < 1.29 is 24.9 Å². The van der Waals surface area contributed by atoms with E-state index < -0.39 is 22.9 Å². The van der Waals surface area contributed by atoms with E-state index in [1.807, 2.05) is 0 Å². The molecule has 0 aromatic heterocycles. The Morgan fingerprint density at radius 2 is 1.63 bits per heavy atom. The molecule has 4 saturated carbocycles. The Morgan fingerprint density at radius 1 is 0.947 bits per heavy atom. The average molecular weight is 530 g/mol. The molecule has 4 fully saturated rings. The normalized spacial score (nSPS) is 49.4. The summed E-state index contributed by atoms with van der Waals surface area (Å²) in [6.45, 7) is 13.9. The van der Waals surface area contributed by atoms with Crippen molar-refractivity contribution in [3.05, 3.63) is 11.6 Å². The minimum atomic E-state index is -0.993. The topological polar surface area (TPSA) is 107 Å². The van der Waals surface area contributed by atoms with Crippen LogP contribution in [-0.2, 0) is 9.59 Å². The molecule has 0 spiro atoms. The molecule has 214 valence electrons. The average Bonchev–Trinajstić information content (AvgIpc) is 2.85. The molecule has 6 heteroatoms. The molecule has 6 nitrogen and oxygen atoms in total. The van der Waals surface area contributed by atoms with Crippen LogP contribution >= 0.6 is 0 Å². The number of carboxylic acids is 1. The van der Waals surface area contributed by atoms with Gasteiger partial charge in [0.1, 0.15) is 6.54 Å². The van der Waals surface area contributed by atoms with Gasteiger partial charge in [-0.3, -0.25) is 9.59 Å². The summed E-state index contributed by atoms with van der Waals surface area (Å²) in [5.74, 6) is -0.165. The number of amides is 1. The Balaban J connectivity index is 1.56. The zero-order valence-electron chi connectivity index (χ0n) is 24.5. The van der Waals surface area contributed by atoms with Gasteiger partial charge < -0.3 is 20.6 Å². The largest absolute Gasteiger partial charge is 0.480 e. The van der Waals surface area contributed by atoms with Crippen molar-refractivity contribution in [2.45, 2.75) is 112 Å². The van der Waals surface area contributed by atoms with Crippen LogP contribution in [0.5, 0.6) is 0 Å². The Hall–Kier alpha value is -1.40. The lowest BCUT2D eigenvalue weighted by molar-refractivity contribution is -0.215. The number of hydrogen-bond acceptors (Lipinski definition) is 4. The lowest BCUT2D eigenvalue weighted by Gasteiger charge is -2.71. The molecule has 0 bridgehead atoms. The maximum atomic E-state index is 13.7. The summed E-state index contributed by atoms with van der Waals surface area (Å²) in [5.41, 5.74) is 0.722. The molecule has 1 amide bonds. The summed E-state index contributed by atoms with van der Waals surface area (Å²) in [6, 6.07) is 0. The number of aliphatic hydroxyl groups is 2. The van der Waals surface area contributed by atoms with Gasteiger partial charge in [-0.25, -0.2) is 0 Å². The molecule has 1 unspecified atom stereocenters. The second-order valence-corrected chi connectivity index (χ2v) is 15.7. The van der Waals surface area contributed by atoms with Gasteiger partial charge in [0.05, 0.1) is 18.1 Å². The van der Waals surface area contributed by atoms with E-state index in [-0.39, 0.29) is 46.6 Å². The standard InChI is InChI=1S/C32H51NO5/c1-27(2)13-15-32(26(38)33-18-25(36)37)16-14-30(5)20(21(32)17-27)7-8-23-28(3)11-10-24(35)29(4,19-34)22(28)9-12-31(23,30)6/h7,21-24,34-35H,8-19H2,1-6H3,(H,33,38)(H,36,37)/t21-,22?,23-,24+,28+,29+,30-,31-,32+/m1/s1. The van der Waals surface area contributed by atoms with Crippen LogP contribution in [0.4, 0.5) is 0 Å². The van der Waals surface area contributed by atoms with Crippen molar-refractivity contribution >= 4 is 11.9 Å². The number of rotatable bonds is 4. The van der Waals surface area contributed by atoms with Gasteiger partial charge in [0.2, 0.25) is 5.91 Å². The van der Waals surface area contributed by atoms with Crippen LogP contribution in [0.25, 0.3) is 0 Å². The number of aliphatic hydroxyl groups excluding tert-OH is 2. The van der Waals surface area contributed by atoms with Crippen molar-refractivity contribution in [1.82, 2.24) is 5.32 Å². The zero-order chi connectivity index (χ0) is 27.9. The first-order valence-corrected chi connectivity index (χ1v) is 15.1. The third kappa shape index (κ3) is 3.64. The number of nitrogens with one attached hydrogen (secondary N) is 1. The van der Waals surface area contributed by atoms with Gasteiger partial charge in [-0.1, -0.05) is 53.2 Å². The third-order valence-corrected chi connectivity index (χ3v) is 13.6.